The van der Waals surface area contributed by atoms with Crippen molar-refractivity contribution in [2.45, 2.75) is 70.3 Å². The number of amides is 2. The summed E-state index contributed by atoms with van der Waals surface area (Å²) in [6.07, 6.45) is 8.67. The molecule has 0 radical (unpaired) electrons. The van der Waals surface area contributed by atoms with Crippen LogP contribution in [0.5, 0.6) is 0 Å². The summed E-state index contributed by atoms with van der Waals surface area (Å²) >= 11 is 5.90. The van der Waals surface area contributed by atoms with Gasteiger partial charge in [-0.05, 0) is 62.1 Å². The number of carbonyl (C=O) groups is 3. The standard InChI is InChI=1S/C24H33ClN2O4/c25-20-12-10-18(11-13-20)14-16-26(17-24(30)31)22(28)8-3-9-23(29)27-15-4-6-19-5-1-2-7-21(19)27/h10-13,19,21H,1-9,14-17H2,(H,30,31). The van der Waals surface area contributed by atoms with Gasteiger partial charge in [0, 0.05) is 37.0 Å². The van der Waals surface area contributed by atoms with E-state index >= 15 is 0 Å². The summed E-state index contributed by atoms with van der Waals surface area (Å²) in [5, 5.41) is 9.83. The van der Waals surface area contributed by atoms with Crippen LogP contribution in [-0.2, 0) is 20.8 Å². The predicted octanol–water partition coefficient (Wildman–Crippen LogP) is 4.15. The highest BCUT2D eigenvalue weighted by Crippen LogP contribution is 2.35. The number of aliphatic carboxylic acids is 1. The maximum Gasteiger partial charge on any atom is 0.323 e. The van der Waals surface area contributed by atoms with E-state index in [1.807, 2.05) is 12.1 Å². The summed E-state index contributed by atoms with van der Waals surface area (Å²) in [7, 11) is 0. The fourth-order valence-corrected chi connectivity index (χ4v) is 5.12. The number of nitrogens with zero attached hydrogens (tertiary/aromatic N) is 2. The van der Waals surface area contributed by atoms with Gasteiger partial charge in [-0.2, -0.15) is 0 Å². The van der Waals surface area contributed by atoms with E-state index in [9.17, 15) is 19.5 Å². The minimum atomic E-state index is -1.03. The van der Waals surface area contributed by atoms with Crippen molar-refractivity contribution in [1.82, 2.24) is 9.80 Å². The number of carbonyl (C=O) groups excluding carboxylic acids is 2. The molecular formula is C24H33ClN2O4. The van der Waals surface area contributed by atoms with E-state index in [2.05, 4.69) is 4.90 Å². The normalized spacial score (nSPS) is 20.7. The lowest BCUT2D eigenvalue weighted by Crippen LogP contribution is -2.49. The Morgan fingerprint density at radius 3 is 2.48 bits per heavy atom. The van der Waals surface area contributed by atoms with Gasteiger partial charge in [0.2, 0.25) is 11.8 Å². The van der Waals surface area contributed by atoms with Gasteiger partial charge in [-0.15, -0.1) is 0 Å². The molecule has 1 aromatic rings. The smallest absolute Gasteiger partial charge is 0.323 e. The first-order chi connectivity index (χ1) is 14.9. The third kappa shape index (κ3) is 6.96. The lowest BCUT2D eigenvalue weighted by molar-refractivity contribution is -0.144. The van der Waals surface area contributed by atoms with Crippen molar-refractivity contribution in [3.63, 3.8) is 0 Å². The highest BCUT2D eigenvalue weighted by Gasteiger charge is 2.35. The molecule has 1 N–H and O–H groups in total. The van der Waals surface area contributed by atoms with Crippen LogP contribution in [0, 0.1) is 5.92 Å². The van der Waals surface area contributed by atoms with Crippen LogP contribution in [0.2, 0.25) is 5.02 Å². The molecule has 1 saturated carbocycles. The SMILES string of the molecule is O=C(O)CN(CCc1ccc(Cl)cc1)C(=O)CCCC(=O)N1CCCC2CCCCC21. The molecule has 2 fully saturated rings. The zero-order valence-corrected chi connectivity index (χ0v) is 18.9. The summed E-state index contributed by atoms with van der Waals surface area (Å²) in [4.78, 5) is 40.1. The molecule has 170 valence electrons. The van der Waals surface area contributed by atoms with Crippen molar-refractivity contribution in [3.8, 4) is 0 Å². The fraction of sp³-hybridized carbons (Fsp3) is 0.625. The third-order valence-corrected chi connectivity index (χ3v) is 6.86. The minimum Gasteiger partial charge on any atom is -0.480 e. The van der Waals surface area contributed by atoms with Gasteiger partial charge in [-0.25, -0.2) is 0 Å². The molecule has 31 heavy (non-hydrogen) atoms. The Hall–Kier alpha value is -2.08. The van der Waals surface area contributed by atoms with E-state index in [1.165, 1.54) is 30.6 Å². The molecule has 1 saturated heterocycles. The van der Waals surface area contributed by atoms with Gasteiger partial charge >= 0.3 is 5.97 Å². The van der Waals surface area contributed by atoms with Gasteiger partial charge < -0.3 is 14.9 Å². The van der Waals surface area contributed by atoms with Crippen LogP contribution in [0.25, 0.3) is 0 Å². The third-order valence-electron chi connectivity index (χ3n) is 6.61. The van der Waals surface area contributed by atoms with Crippen molar-refractivity contribution in [2.75, 3.05) is 19.6 Å². The molecule has 2 aliphatic rings. The molecule has 2 amide bonds. The van der Waals surface area contributed by atoms with E-state index in [4.69, 9.17) is 11.6 Å². The Balaban J connectivity index is 1.47. The number of piperidine rings is 1. The van der Waals surface area contributed by atoms with Crippen molar-refractivity contribution in [3.05, 3.63) is 34.9 Å². The summed E-state index contributed by atoms with van der Waals surface area (Å²) in [5.74, 6) is -0.446. The largest absolute Gasteiger partial charge is 0.480 e. The maximum absolute atomic E-state index is 12.8. The monoisotopic (exact) mass is 448 g/mol. The predicted molar refractivity (Wildman–Crippen MR) is 120 cm³/mol. The van der Waals surface area contributed by atoms with Gasteiger partial charge in [0.1, 0.15) is 6.54 Å². The number of benzene rings is 1. The lowest BCUT2D eigenvalue weighted by Gasteiger charge is -2.44. The minimum absolute atomic E-state index is 0.148. The second-order valence-electron chi connectivity index (χ2n) is 8.78. The number of fused-ring (bicyclic) bond motifs is 1. The molecule has 1 aromatic carbocycles. The van der Waals surface area contributed by atoms with E-state index < -0.39 is 5.97 Å². The Bertz CT molecular complexity index is 765. The number of carboxylic acid groups (broad SMARTS) is 1. The zero-order valence-electron chi connectivity index (χ0n) is 18.1. The molecule has 1 aliphatic heterocycles. The molecule has 0 bridgehead atoms. The molecule has 3 rings (SSSR count). The van der Waals surface area contributed by atoms with Crippen LogP contribution in [0.4, 0.5) is 0 Å². The van der Waals surface area contributed by atoms with Crippen LogP contribution in [0.1, 0.15) is 63.4 Å². The topological polar surface area (TPSA) is 77.9 Å². The summed E-state index contributed by atoms with van der Waals surface area (Å²) in [5.41, 5.74) is 0.995. The van der Waals surface area contributed by atoms with Crippen molar-refractivity contribution >= 4 is 29.4 Å². The number of halogens is 1. The maximum atomic E-state index is 12.8. The van der Waals surface area contributed by atoms with E-state index in [0.717, 1.165) is 24.9 Å². The van der Waals surface area contributed by atoms with E-state index in [0.29, 0.717) is 42.8 Å². The molecule has 7 heteroatoms. The van der Waals surface area contributed by atoms with E-state index in [-0.39, 0.29) is 24.8 Å². The Labute approximate surface area is 189 Å². The summed E-state index contributed by atoms with van der Waals surface area (Å²) in [6, 6.07) is 7.70. The summed E-state index contributed by atoms with van der Waals surface area (Å²) < 4.78 is 0. The van der Waals surface area contributed by atoms with Gasteiger partial charge in [0.25, 0.3) is 0 Å². The number of rotatable bonds is 9. The van der Waals surface area contributed by atoms with Gasteiger partial charge in [0.05, 0.1) is 0 Å². The van der Waals surface area contributed by atoms with Crippen molar-refractivity contribution < 1.29 is 19.5 Å². The first-order valence-corrected chi connectivity index (χ1v) is 11.9. The fourth-order valence-electron chi connectivity index (χ4n) is 5.00. The Morgan fingerprint density at radius 1 is 1.03 bits per heavy atom. The molecule has 0 aromatic heterocycles. The second-order valence-corrected chi connectivity index (χ2v) is 9.22. The molecular weight excluding hydrogens is 416 g/mol. The second kappa shape index (κ2) is 11.5. The van der Waals surface area contributed by atoms with Crippen molar-refractivity contribution in [1.29, 1.82) is 0 Å². The lowest BCUT2D eigenvalue weighted by atomic mass is 9.78. The van der Waals surface area contributed by atoms with Gasteiger partial charge in [-0.3, -0.25) is 14.4 Å². The van der Waals surface area contributed by atoms with Gasteiger partial charge in [0.15, 0.2) is 0 Å². The molecule has 0 spiro atoms. The Kier molecular flexibility index (Phi) is 8.76. The first-order valence-electron chi connectivity index (χ1n) is 11.5. The van der Waals surface area contributed by atoms with Crippen LogP contribution in [0.15, 0.2) is 24.3 Å². The molecule has 1 heterocycles. The number of likely N-dealkylation sites (tertiary alicyclic amines) is 1. The average molecular weight is 449 g/mol. The number of hydrogen-bond donors (Lipinski definition) is 1. The van der Waals surface area contributed by atoms with E-state index in [1.54, 1.807) is 12.1 Å². The average Bonchev–Trinajstić information content (AvgIpc) is 2.77. The highest BCUT2D eigenvalue weighted by atomic mass is 35.5. The highest BCUT2D eigenvalue weighted by molar-refractivity contribution is 6.30. The van der Waals surface area contributed by atoms with Crippen LogP contribution < -0.4 is 0 Å². The van der Waals surface area contributed by atoms with Crippen molar-refractivity contribution in [2.24, 2.45) is 5.92 Å². The number of hydrogen-bond acceptors (Lipinski definition) is 3. The molecule has 6 nitrogen and oxygen atoms in total. The molecule has 2 atom stereocenters. The first kappa shape index (κ1) is 23.6. The summed E-state index contributed by atoms with van der Waals surface area (Å²) in [6.45, 7) is 0.840. The number of carboxylic acids is 1. The van der Waals surface area contributed by atoms with Gasteiger partial charge in [-0.1, -0.05) is 36.6 Å². The molecule has 1 aliphatic carbocycles. The Morgan fingerprint density at radius 2 is 1.74 bits per heavy atom. The van der Waals surface area contributed by atoms with Crippen LogP contribution in [0.3, 0.4) is 0 Å². The van der Waals surface area contributed by atoms with Crippen LogP contribution in [-0.4, -0.2) is 58.4 Å². The zero-order chi connectivity index (χ0) is 22.2. The van der Waals surface area contributed by atoms with Crippen LogP contribution >= 0.6 is 11.6 Å². The molecule has 2 unspecified atom stereocenters. The quantitative estimate of drug-likeness (QED) is 0.615.